The van der Waals surface area contributed by atoms with Gasteiger partial charge in [0, 0.05) is 18.5 Å². The highest BCUT2D eigenvalue weighted by Crippen LogP contribution is 2.33. The maximum absolute atomic E-state index is 13.0. The molecule has 0 radical (unpaired) electrons. The van der Waals surface area contributed by atoms with Crippen molar-refractivity contribution in [3.8, 4) is 0 Å². The van der Waals surface area contributed by atoms with Crippen LogP contribution in [0.15, 0.2) is 53.4 Å². The molecule has 3 N–H and O–H groups in total. The number of alkyl halides is 3. The lowest BCUT2D eigenvalue weighted by Gasteiger charge is -2.13. The predicted octanol–water partition coefficient (Wildman–Crippen LogP) is 2.14. The summed E-state index contributed by atoms with van der Waals surface area (Å²) in [7, 11) is -4.49. The van der Waals surface area contributed by atoms with Gasteiger partial charge in [-0.1, -0.05) is 29.8 Å². The Morgan fingerprint density at radius 3 is 2.21 bits per heavy atom. The molecule has 0 unspecified atom stereocenters. The van der Waals surface area contributed by atoms with Crippen LogP contribution in [0.3, 0.4) is 0 Å². The second kappa shape index (κ2) is 9.05. The maximum atomic E-state index is 13.0. The number of carbonyl (C=O) groups is 2. The van der Waals surface area contributed by atoms with Crippen LogP contribution in [0.5, 0.6) is 0 Å². The zero-order valence-electron chi connectivity index (χ0n) is 15.2. The fourth-order valence-electron chi connectivity index (χ4n) is 2.28. The summed E-state index contributed by atoms with van der Waals surface area (Å²) in [6.45, 7) is 1.39. The number of hydrogen-bond donors (Lipinski definition) is 3. The van der Waals surface area contributed by atoms with Gasteiger partial charge in [-0.2, -0.15) is 13.2 Å². The van der Waals surface area contributed by atoms with Crippen molar-refractivity contribution >= 4 is 21.8 Å². The molecule has 2 aromatic carbocycles. The smallest absolute Gasteiger partial charge is 0.273 e. The Balaban J connectivity index is 1.88. The predicted molar refractivity (Wildman–Crippen MR) is 98.0 cm³/mol. The molecule has 0 spiro atoms. The summed E-state index contributed by atoms with van der Waals surface area (Å²) in [4.78, 5) is 22.7. The number of carbonyl (C=O) groups excluding carboxylic acids is 2. The molecule has 0 aliphatic heterocycles. The van der Waals surface area contributed by atoms with Crippen LogP contribution in [0, 0.1) is 6.92 Å². The van der Waals surface area contributed by atoms with E-state index in [0.29, 0.717) is 11.6 Å². The SMILES string of the molecule is Cc1ccc(C(=O)NNC(=O)CCNS(=O)(=O)c2ccccc2C(F)(F)F)cc1. The fraction of sp³-hybridized carbons (Fsp3) is 0.222. The molecular weight excluding hydrogens is 411 g/mol. The first-order valence-electron chi connectivity index (χ1n) is 8.32. The summed E-state index contributed by atoms with van der Waals surface area (Å²) in [6, 6.07) is 10.3. The minimum atomic E-state index is -4.84. The van der Waals surface area contributed by atoms with Crippen molar-refractivity contribution in [3.05, 3.63) is 65.2 Å². The minimum absolute atomic E-state index is 0.306. The first kappa shape index (κ1) is 22.4. The third-order valence-corrected chi connectivity index (χ3v) is 5.27. The average molecular weight is 429 g/mol. The molecule has 0 atom stereocenters. The van der Waals surface area contributed by atoms with Crippen LogP contribution in [-0.4, -0.2) is 26.8 Å². The second-order valence-corrected chi connectivity index (χ2v) is 7.75. The van der Waals surface area contributed by atoms with Gasteiger partial charge in [0.05, 0.1) is 10.5 Å². The molecule has 2 amide bonds. The summed E-state index contributed by atoms with van der Waals surface area (Å²) in [5.41, 5.74) is 4.22. The molecule has 7 nitrogen and oxygen atoms in total. The highest BCUT2D eigenvalue weighted by atomic mass is 32.2. The number of rotatable bonds is 6. The van der Waals surface area contributed by atoms with E-state index in [0.717, 1.165) is 23.8 Å². The number of nitrogens with one attached hydrogen (secondary N) is 3. The topological polar surface area (TPSA) is 104 Å². The number of hydrazine groups is 1. The highest BCUT2D eigenvalue weighted by Gasteiger charge is 2.36. The number of sulfonamides is 1. The molecule has 2 aromatic rings. The maximum Gasteiger partial charge on any atom is 0.417 e. The highest BCUT2D eigenvalue weighted by molar-refractivity contribution is 7.89. The second-order valence-electron chi connectivity index (χ2n) is 6.01. The first-order valence-corrected chi connectivity index (χ1v) is 9.81. The van der Waals surface area contributed by atoms with Crippen molar-refractivity contribution in [1.29, 1.82) is 0 Å². The van der Waals surface area contributed by atoms with Crippen LogP contribution in [0.2, 0.25) is 0 Å². The Labute approximate surface area is 165 Å². The van der Waals surface area contributed by atoms with E-state index >= 15 is 0 Å². The van der Waals surface area contributed by atoms with Gasteiger partial charge in [0.15, 0.2) is 0 Å². The van der Waals surface area contributed by atoms with E-state index in [4.69, 9.17) is 0 Å². The lowest BCUT2D eigenvalue weighted by Crippen LogP contribution is -2.42. The minimum Gasteiger partial charge on any atom is -0.273 e. The van der Waals surface area contributed by atoms with Crippen LogP contribution in [0.25, 0.3) is 0 Å². The van der Waals surface area contributed by atoms with E-state index in [2.05, 4.69) is 10.9 Å². The zero-order chi connectivity index (χ0) is 21.7. The molecule has 0 aliphatic carbocycles. The van der Waals surface area contributed by atoms with Gasteiger partial charge in [-0.05, 0) is 31.2 Å². The van der Waals surface area contributed by atoms with Gasteiger partial charge < -0.3 is 0 Å². The van der Waals surface area contributed by atoms with Gasteiger partial charge in [-0.15, -0.1) is 0 Å². The Morgan fingerprint density at radius 2 is 1.59 bits per heavy atom. The first-order chi connectivity index (χ1) is 13.5. The number of halogens is 3. The Hall–Kier alpha value is -2.92. The van der Waals surface area contributed by atoms with Gasteiger partial charge in [0.1, 0.15) is 0 Å². The van der Waals surface area contributed by atoms with Gasteiger partial charge in [-0.3, -0.25) is 20.4 Å². The van der Waals surface area contributed by atoms with Crippen LogP contribution in [0.1, 0.15) is 27.9 Å². The molecule has 2 rings (SSSR count). The number of aryl methyl sites for hydroxylation is 1. The monoisotopic (exact) mass is 429 g/mol. The largest absolute Gasteiger partial charge is 0.417 e. The quantitative estimate of drug-likeness (QED) is 0.612. The molecule has 0 saturated carbocycles. The zero-order valence-corrected chi connectivity index (χ0v) is 16.0. The number of hydrogen-bond acceptors (Lipinski definition) is 4. The Kier molecular flexibility index (Phi) is 6.98. The van der Waals surface area contributed by atoms with Crippen LogP contribution >= 0.6 is 0 Å². The molecule has 0 aliphatic rings. The van der Waals surface area contributed by atoms with Gasteiger partial charge in [-0.25, -0.2) is 13.1 Å². The van der Waals surface area contributed by atoms with Crippen molar-refractivity contribution in [2.75, 3.05) is 6.54 Å². The molecule has 0 fully saturated rings. The third kappa shape index (κ3) is 6.29. The van der Waals surface area contributed by atoms with Crippen molar-refractivity contribution in [2.45, 2.75) is 24.4 Å². The van der Waals surface area contributed by atoms with E-state index in [-0.39, 0.29) is 0 Å². The van der Waals surface area contributed by atoms with E-state index in [1.54, 1.807) is 24.3 Å². The van der Waals surface area contributed by atoms with Crippen LogP contribution in [0.4, 0.5) is 13.2 Å². The molecule has 0 heterocycles. The van der Waals surface area contributed by atoms with Crippen molar-refractivity contribution in [3.63, 3.8) is 0 Å². The van der Waals surface area contributed by atoms with E-state index < -0.39 is 51.4 Å². The fourth-order valence-corrected chi connectivity index (χ4v) is 3.54. The molecule has 0 bridgehead atoms. The molecule has 29 heavy (non-hydrogen) atoms. The molecule has 0 aromatic heterocycles. The summed E-state index contributed by atoms with van der Waals surface area (Å²) in [5, 5.41) is 0. The van der Waals surface area contributed by atoms with Gasteiger partial charge in [0.25, 0.3) is 5.91 Å². The number of amides is 2. The summed E-state index contributed by atoms with van der Waals surface area (Å²) >= 11 is 0. The van der Waals surface area contributed by atoms with Crippen molar-refractivity contribution < 1.29 is 31.2 Å². The summed E-state index contributed by atoms with van der Waals surface area (Å²) in [5.74, 6) is -1.30. The molecule has 11 heteroatoms. The Morgan fingerprint density at radius 1 is 0.966 bits per heavy atom. The van der Waals surface area contributed by atoms with E-state index in [9.17, 15) is 31.2 Å². The average Bonchev–Trinajstić information content (AvgIpc) is 2.66. The summed E-state index contributed by atoms with van der Waals surface area (Å²) in [6.07, 6.45) is -5.25. The molecule has 0 saturated heterocycles. The van der Waals surface area contributed by atoms with Gasteiger partial charge >= 0.3 is 6.18 Å². The van der Waals surface area contributed by atoms with Crippen LogP contribution < -0.4 is 15.6 Å². The molecular formula is C18H18F3N3O4S. The normalized spacial score (nSPS) is 11.7. The van der Waals surface area contributed by atoms with Crippen molar-refractivity contribution in [2.24, 2.45) is 0 Å². The Bertz CT molecular complexity index is 990. The van der Waals surface area contributed by atoms with E-state index in [1.165, 1.54) is 0 Å². The summed E-state index contributed by atoms with van der Waals surface area (Å²) < 4.78 is 65.1. The third-order valence-electron chi connectivity index (χ3n) is 3.76. The number of benzene rings is 2. The lowest BCUT2D eigenvalue weighted by atomic mass is 10.1. The van der Waals surface area contributed by atoms with E-state index in [1.807, 2.05) is 11.6 Å². The lowest BCUT2D eigenvalue weighted by molar-refractivity contribution is -0.139. The van der Waals surface area contributed by atoms with Crippen LogP contribution in [-0.2, 0) is 21.0 Å². The molecule has 156 valence electrons. The van der Waals surface area contributed by atoms with Gasteiger partial charge in [0.2, 0.25) is 15.9 Å². The van der Waals surface area contributed by atoms with Crippen molar-refractivity contribution in [1.82, 2.24) is 15.6 Å². The standard InChI is InChI=1S/C18H18F3N3O4S/c1-12-6-8-13(9-7-12)17(26)24-23-16(25)10-11-22-29(27,28)15-5-3-2-4-14(15)18(19,20)21/h2-9,22H,10-11H2,1H3,(H,23,25)(H,24,26).